The van der Waals surface area contributed by atoms with Gasteiger partial charge in [0.05, 0.1) is 26.4 Å². The van der Waals surface area contributed by atoms with Gasteiger partial charge in [-0.25, -0.2) is 9.13 Å². The van der Waals surface area contributed by atoms with E-state index in [4.69, 9.17) is 32.3 Å². The number of carbonyl (C=O) groups excluding carboxylic acids is 3. The van der Waals surface area contributed by atoms with E-state index in [-0.39, 0.29) is 19.3 Å². The number of aliphatic hydroxyl groups excluding tert-OH is 2. The minimum atomic E-state index is -4.92. The summed E-state index contributed by atoms with van der Waals surface area (Å²) < 4.78 is 61.0. The Bertz CT molecular complexity index is 2200. The molecule has 4 N–H and O–H groups in total. The van der Waals surface area contributed by atoms with Crippen molar-refractivity contribution < 1.29 is 75.8 Å². The lowest BCUT2D eigenvalue weighted by Crippen LogP contribution is -2.30. The molecule has 0 saturated carbocycles. The van der Waals surface area contributed by atoms with Crippen molar-refractivity contribution >= 4 is 33.6 Å². The van der Waals surface area contributed by atoms with Gasteiger partial charge in [-0.15, -0.1) is 0 Å². The Morgan fingerprint density at radius 1 is 0.299 bits per heavy atom. The summed E-state index contributed by atoms with van der Waals surface area (Å²) in [5.74, 6) is -1.58. The van der Waals surface area contributed by atoms with Crippen molar-refractivity contribution in [3.63, 3.8) is 0 Å². The SMILES string of the molecule is CC/C=C\C/C=C\C/C=C\C/C=C\C/C=C\C/C=C\CCCCCCCCCCCCCCCCC(=O)OCC(O)COP(=O)(O)OCC(O)COP(=O)(O)OCC(COC(=O)CCCCCCCCC/C=C\C/C=C\C/C=C\CC)OC(=O)CCCCCCCCCCCCC. The highest BCUT2D eigenvalue weighted by Gasteiger charge is 2.29. The number of allylic oxidation sites excluding steroid dienone is 18. The van der Waals surface area contributed by atoms with Crippen molar-refractivity contribution in [2.75, 3.05) is 39.6 Å². The number of phosphoric acid groups is 2. The highest BCUT2D eigenvalue weighted by atomic mass is 31.2. The summed E-state index contributed by atoms with van der Waals surface area (Å²) in [6.07, 6.45) is 83.0. The van der Waals surface area contributed by atoms with E-state index in [1.54, 1.807) is 0 Å². The van der Waals surface area contributed by atoms with Crippen LogP contribution in [-0.4, -0.2) is 95.9 Å². The lowest BCUT2D eigenvalue weighted by molar-refractivity contribution is -0.161. The monoisotopic (exact) mass is 1400 g/mol. The van der Waals surface area contributed by atoms with E-state index in [1.165, 1.54) is 103 Å². The van der Waals surface area contributed by atoms with Crippen molar-refractivity contribution in [2.24, 2.45) is 0 Å². The van der Waals surface area contributed by atoms with Gasteiger partial charge in [0.15, 0.2) is 6.10 Å². The van der Waals surface area contributed by atoms with Gasteiger partial charge < -0.3 is 34.2 Å². The Balaban J connectivity index is 4.35. The molecule has 0 aliphatic heterocycles. The maximum Gasteiger partial charge on any atom is 0.472 e. The van der Waals surface area contributed by atoms with Gasteiger partial charge in [0.25, 0.3) is 0 Å². The third kappa shape index (κ3) is 73.3. The molecule has 16 nitrogen and oxygen atoms in total. The standard InChI is InChI=1S/C79H138O16P2/c1-4-7-10-13-16-19-22-24-26-28-29-30-31-32-33-34-35-36-37-38-39-40-41-42-43-45-47-48-51-53-56-59-62-65-77(82)89-68-74(80)69-91-96(85,86)92-70-75(81)71-93-97(87,88)94-73-76(95-79(84)67-64-61-58-55-50-21-18-15-12-9-6-3)72-90-78(83)66-63-60-57-54-52-49-46-44-27-25-23-20-17-14-11-8-5-2/h7-8,10-11,16-17,19-20,24-27,29-30,32-33,35-36,74-76,80-81H,4-6,9,12-15,18,21-23,28,31,34,37-73H2,1-3H3,(H,85,86)(H,87,88)/b10-7-,11-8-,19-16-,20-17-,26-24-,27-25-,30-29-,33-32-,36-35-. The average Bonchev–Trinajstić information content (AvgIpc) is 1.59. The van der Waals surface area contributed by atoms with Crippen molar-refractivity contribution in [1.29, 1.82) is 0 Å². The van der Waals surface area contributed by atoms with Crippen molar-refractivity contribution in [3.8, 4) is 0 Å². The van der Waals surface area contributed by atoms with Gasteiger partial charge in [-0.2, -0.15) is 0 Å². The van der Waals surface area contributed by atoms with Crippen molar-refractivity contribution in [3.05, 3.63) is 109 Å². The normalized spacial score (nSPS) is 14.7. The van der Waals surface area contributed by atoms with Crippen LogP contribution in [0.1, 0.15) is 316 Å². The maximum absolute atomic E-state index is 12.9. The van der Waals surface area contributed by atoms with Crippen molar-refractivity contribution in [2.45, 2.75) is 334 Å². The van der Waals surface area contributed by atoms with Crippen LogP contribution in [0.2, 0.25) is 0 Å². The Kier molecular flexibility index (Phi) is 69.2. The van der Waals surface area contributed by atoms with Crippen LogP contribution in [0.5, 0.6) is 0 Å². The molecule has 0 heterocycles. The van der Waals surface area contributed by atoms with Crippen LogP contribution in [0, 0.1) is 0 Å². The number of rotatable bonds is 72. The summed E-state index contributed by atoms with van der Waals surface area (Å²) in [7, 11) is -9.77. The number of unbranched alkanes of at least 4 members (excludes halogenated alkanes) is 31. The lowest BCUT2D eigenvalue weighted by atomic mass is 10.0. The second kappa shape index (κ2) is 72.0. The van der Waals surface area contributed by atoms with E-state index in [1.807, 2.05) is 0 Å². The zero-order valence-corrected chi connectivity index (χ0v) is 62.8. The molecule has 0 aromatic heterocycles. The van der Waals surface area contributed by atoms with Gasteiger partial charge in [0.1, 0.15) is 25.4 Å². The Labute approximate surface area is 590 Å². The molecule has 18 heteroatoms. The summed E-state index contributed by atoms with van der Waals surface area (Å²) in [5, 5.41) is 20.6. The molecule has 0 aromatic rings. The number of phosphoric ester groups is 2. The van der Waals surface area contributed by atoms with E-state index in [0.29, 0.717) is 19.3 Å². The average molecular weight is 1410 g/mol. The fourth-order valence-electron chi connectivity index (χ4n) is 10.2. The summed E-state index contributed by atoms with van der Waals surface area (Å²) >= 11 is 0. The number of hydrogen-bond donors (Lipinski definition) is 4. The quantitative estimate of drug-likeness (QED) is 0.0146. The molecule has 0 aliphatic carbocycles. The van der Waals surface area contributed by atoms with E-state index >= 15 is 0 Å². The van der Waals surface area contributed by atoms with E-state index in [0.717, 1.165) is 154 Å². The van der Waals surface area contributed by atoms with Crippen LogP contribution in [-0.2, 0) is 55.8 Å². The fraction of sp³-hybridized carbons (Fsp3) is 0.734. The zero-order valence-electron chi connectivity index (χ0n) is 61.0. The molecule has 0 aliphatic rings. The van der Waals surface area contributed by atoms with Gasteiger partial charge in [-0.1, -0.05) is 304 Å². The Hall–Kier alpha value is -3.79. The Morgan fingerprint density at radius 2 is 0.546 bits per heavy atom. The van der Waals surface area contributed by atoms with Gasteiger partial charge in [0.2, 0.25) is 0 Å². The molecular formula is C79H138O16P2. The fourth-order valence-corrected chi connectivity index (χ4v) is 11.8. The molecule has 0 saturated heterocycles. The first kappa shape index (κ1) is 93.2. The molecule has 5 unspecified atom stereocenters. The first-order valence-electron chi connectivity index (χ1n) is 38.2. The molecule has 560 valence electrons. The largest absolute Gasteiger partial charge is 0.472 e. The second-order valence-electron chi connectivity index (χ2n) is 25.4. The highest BCUT2D eigenvalue weighted by Crippen LogP contribution is 2.45. The number of carbonyl (C=O) groups is 3. The van der Waals surface area contributed by atoms with E-state index in [2.05, 4.69) is 130 Å². The van der Waals surface area contributed by atoms with Crippen LogP contribution >= 0.6 is 15.6 Å². The molecule has 0 radical (unpaired) electrons. The number of hydrogen-bond acceptors (Lipinski definition) is 14. The predicted octanol–water partition coefficient (Wildman–Crippen LogP) is 22.0. The summed E-state index contributed by atoms with van der Waals surface area (Å²) in [6.45, 7) is 2.45. The van der Waals surface area contributed by atoms with Crippen LogP contribution in [0.25, 0.3) is 0 Å². The molecule has 0 spiro atoms. The van der Waals surface area contributed by atoms with Gasteiger partial charge in [-0.05, 0) is 103 Å². The summed E-state index contributed by atoms with van der Waals surface area (Å²) in [5.41, 5.74) is 0. The molecule has 0 amide bonds. The molecule has 0 aromatic carbocycles. The lowest BCUT2D eigenvalue weighted by Gasteiger charge is -2.21. The molecule has 0 bridgehead atoms. The van der Waals surface area contributed by atoms with Gasteiger partial charge >= 0.3 is 33.6 Å². The minimum absolute atomic E-state index is 0.105. The first-order valence-corrected chi connectivity index (χ1v) is 41.2. The number of ether oxygens (including phenoxy) is 3. The van der Waals surface area contributed by atoms with Gasteiger partial charge in [0, 0.05) is 19.3 Å². The van der Waals surface area contributed by atoms with Crippen LogP contribution in [0.3, 0.4) is 0 Å². The van der Waals surface area contributed by atoms with Gasteiger partial charge in [-0.3, -0.25) is 32.5 Å². The molecular weight excluding hydrogens is 1270 g/mol. The first-order chi connectivity index (χ1) is 47.2. The molecule has 97 heavy (non-hydrogen) atoms. The van der Waals surface area contributed by atoms with Crippen LogP contribution in [0.15, 0.2) is 109 Å². The van der Waals surface area contributed by atoms with Crippen LogP contribution in [0.4, 0.5) is 0 Å². The Morgan fingerprint density at radius 3 is 0.866 bits per heavy atom. The maximum atomic E-state index is 12.9. The van der Waals surface area contributed by atoms with Crippen LogP contribution < -0.4 is 0 Å². The topological polar surface area (TPSA) is 231 Å². The third-order valence-electron chi connectivity index (χ3n) is 16.0. The smallest absolute Gasteiger partial charge is 0.463 e. The summed E-state index contributed by atoms with van der Waals surface area (Å²) in [4.78, 5) is 58.4. The summed E-state index contributed by atoms with van der Waals surface area (Å²) in [6, 6.07) is 0. The zero-order chi connectivity index (χ0) is 70.9. The number of aliphatic hydroxyl groups is 2. The predicted molar refractivity (Wildman–Crippen MR) is 399 cm³/mol. The minimum Gasteiger partial charge on any atom is -0.463 e. The van der Waals surface area contributed by atoms with E-state index in [9.17, 15) is 43.5 Å². The number of esters is 3. The highest BCUT2D eigenvalue weighted by molar-refractivity contribution is 7.47. The van der Waals surface area contributed by atoms with E-state index < -0.39 is 91.5 Å². The van der Waals surface area contributed by atoms with Crippen molar-refractivity contribution in [1.82, 2.24) is 0 Å². The molecule has 5 atom stereocenters. The second-order valence-corrected chi connectivity index (χ2v) is 28.3. The third-order valence-corrected chi connectivity index (χ3v) is 17.9. The molecule has 0 fully saturated rings. The molecule has 0 rings (SSSR count).